The molecule has 0 atom stereocenters. The third-order valence-corrected chi connectivity index (χ3v) is 3.12. The summed E-state index contributed by atoms with van der Waals surface area (Å²) in [5.41, 5.74) is 1.58. The van der Waals surface area contributed by atoms with Crippen molar-refractivity contribution in [3.63, 3.8) is 0 Å². The summed E-state index contributed by atoms with van der Waals surface area (Å²) in [7, 11) is 0. The number of carbonyl (C=O) groups excluding carboxylic acids is 1. The zero-order valence-electron chi connectivity index (χ0n) is 12.0. The molecule has 4 nitrogen and oxygen atoms in total. The Balaban J connectivity index is 3.02. The summed E-state index contributed by atoms with van der Waals surface area (Å²) in [4.78, 5) is 24.6. The molecule has 0 saturated heterocycles. The van der Waals surface area contributed by atoms with Gasteiger partial charge >= 0.3 is 5.97 Å². The van der Waals surface area contributed by atoms with Crippen LogP contribution < -0.4 is 4.90 Å². The minimum absolute atomic E-state index is 0.0633. The van der Waals surface area contributed by atoms with Gasteiger partial charge in [-0.1, -0.05) is 25.4 Å². The molecule has 0 bridgehead atoms. The molecule has 1 aromatic rings. The number of benzene rings is 1. The fourth-order valence-electron chi connectivity index (χ4n) is 1.97. The fourth-order valence-corrected chi connectivity index (χ4v) is 2.19. The molecule has 0 unspecified atom stereocenters. The Morgan fingerprint density at radius 2 is 2.00 bits per heavy atom. The first-order chi connectivity index (χ1) is 9.31. The summed E-state index contributed by atoms with van der Waals surface area (Å²) in [6.07, 6.45) is 0.313. The number of halogens is 1. The number of hydrogen-bond acceptors (Lipinski definition) is 2. The quantitative estimate of drug-likeness (QED) is 0.874. The minimum atomic E-state index is -0.918. The van der Waals surface area contributed by atoms with Gasteiger partial charge in [-0.3, -0.25) is 9.59 Å². The summed E-state index contributed by atoms with van der Waals surface area (Å²) in [5, 5.41) is 9.43. The molecule has 1 aromatic carbocycles. The number of amides is 1. The zero-order valence-corrected chi connectivity index (χ0v) is 12.8. The van der Waals surface area contributed by atoms with E-state index in [1.165, 1.54) is 0 Å². The molecule has 0 aromatic heterocycles. The molecule has 5 heteroatoms. The molecule has 0 spiro atoms. The van der Waals surface area contributed by atoms with Gasteiger partial charge in [0.25, 0.3) is 0 Å². The molecule has 20 heavy (non-hydrogen) atoms. The van der Waals surface area contributed by atoms with Crippen LogP contribution in [0.25, 0.3) is 0 Å². The van der Waals surface area contributed by atoms with Gasteiger partial charge in [0.1, 0.15) is 0 Å². The standard InChI is InChI=1S/C15H20ClNO3/c1-10(2)8-14(18)17(7-6-15(19)20)13-5-4-12(16)9-11(13)3/h4-5,9-10H,6-8H2,1-3H3,(H,19,20). The number of anilines is 1. The lowest BCUT2D eigenvalue weighted by Gasteiger charge is -2.25. The van der Waals surface area contributed by atoms with Crippen molar-refractivity contribution in [1.29, 1.82) is 0 Å². The van der Waals surface area contributed by atoms with Crippen molar-refractivity contribution in [1.82, 2.24) is 0 Å². The average molecular weight is 298 g/mol. The van der Waals surface area contributed by atoms with E-state index in [1.807, 2.05) is 20.8 Å². The van der Waals surface area contributed by atoms with Crippen molar-refractivity contribution < 1.29 is 14.7 Å². The van der Waals surface area contributed by atoms with Gasteiger partial charge in [0.15, 0.2) is 0 Å². The summed E-state index contributed by atoms with van der Waals surface area (Å²) in [6.45, 7) is 5.95. The van der Waals surface area contributed by atoms with Crippen LogP contribution in [0.4, 0.5) is 5.69 Å². The van der Waals surface area contributed by atoms with Crippen molar-refractivity contribution in [2.45, 2.75) is 33.6 Å². The van der Waals surface area contributed by atoms with Crippen LogP contribution in [0.15, 0.2) is 18.2 Å². The van der Waals surface area contributed by atoms with E-state index in [0.717, 1.165) is 11.3 Å². The highest BCUT2D eigenvalue weighted by molar-refractivity contribution is 6.30. The maximum atomic E-state index is 12.3. The molecule has 0 fully saturated rings. The summed E-state index contributed by atoms with van der Waals surface area (Å²) in [5.74, 6) is -0.756. The third-order valence-electron chi connectivity index (χ3n) is 2.88. The van der Waals surface area contributed by atoms with Gasteiger partial charge in [0.05, 0.1) is 6.42 Å². The lowest BCUT2D eigenvalue weighted by molar-refractivity contribution is -0.136. The van der Waals surface area contributed by atoms with E-state index in [-0.39, 0.29) is 24.8 Å². The lowest BCUT2D eigenvalue weighted by atomic mass is 10.1. The minimum Gasteiger partial charge on any atom is -0.481 e. The number of nitrogens with zero attached hydrogens (tertiary/aromatic N) is 1. The highest BCUT2D eigenvalue weighted by Gasteiger charge is 2.19. The van der Waals surface area contributed by atoms with E-state index in [1.54, 1.807) is 23.1 Å². The Kier molecular flexibility index (Phi) is 6.02. The largest absolute Gasteiger partial charge is 0.481 e. The number of aliphatic carboxylic acids is 1. The molecule has 1 rings (SSSR count). The molecule has 0 aliphatic rings. The second-order valence-corrected chi connectivity index (χ2v) is 5.65. The predicted octanol–water partition coefficient (Wildman–Crippen LogP) is 3.50. The topological polar surface area (TPSA) is 57.6 Å². The Morgan fingerprint density at radius 1 is 1.35 bits per heavy atom. The van der Waals surface area contributed by atoms with Crippen molar-refractivity contribution >= 4 is 29.2 Å². The summed E-state index contributed by atoms with van der Waals surface area (Å²) >= 11 is 5.92. The molecule has 1 N–H and O–H groups in total. The van der Waals surface area contributed by atoms with Crippen LogP contribution >= 0.6 is 11.6 Å². The highest BCUT2D eigenvalue weighted by atomic mass is 35.5. The van der Waals surface area contributed by atoms with Gasteiger partial charge in [0.2, 0.25) is 5.91 Å². The summed E-state index contributed by atoms with van der Waals surface area (Å²) in [6, 6.07) is 5.24. The van der Waals surface area contributed by atoms with Gasteiger partial charge in [-0.25, -0.2) is 0 Å². The molecule has 0 radical (unpaired) electrons. The van der Waals surface area contributed by atoms with Crippen molar-refractivity contribution in [2.24, 2.45) is 5.92 Å². The van der Waals surface area contributed by atoms with Crippen LogP contribution in [0.5, 0.6) is 0 Å². The van der Waals surface area contributed by atoms with Gasteiger partial charge in [-0.2, -0.15) is 0 Å². The number of hydrogen-bond donors (Lipinski definition) is 1. The monoisotopic (exact) mass is 297 g/mol. The van der Waals surface area contributed by atoms with Crippen LogP contribution in [0.3, 0.4) is 0 Å². The Labute approximate surface area is 124 Å². The normalized spacial score (nSPS) is 10.7. The van der Waals surface area contributed by atoms with Crippen LogP contribution in [-0.2, 0) is 9.59 Å². The second kappa shape index (κ2) is 7.29. The summed E-state index contributed by atoms with van der Waals surface area (Å²) < 4.78 is 0. The molecule has 0 aliphatic carbocycles. The molecular formula is C15H20ClNO3. The average Bonchev–Trinajstić information content (AvgIpc) is 2.30. The SMILES string of the molecule is Cc1cc(Cl)ccc1N(CCC(=O)O)C(=O)CC(C)C. The van der Waals surface area contributed by atoms with E-state index in [9.17, 15) is 9.59 Å². The van der Waals surface area contributed by atoms with Gasteiger partial charge in [-0.15, -0.1) is 0 Å². The smallest absolute Gasteiger partial charge is 0.305 e. The number of carbonyl (C=O) groups is 2. The van der Waals surface area contributed by atoms with Crippen molar-refractivity contribution in [2.75, 3.05) is 11.4 Å². The zero-order chi connectivity index (χ0) is 15.3. The Hall–Kier alpha value is -1.55. The number of carboxylic acids is 1. The first kappa shape index (κ1) is 16.5. The molecule has 0 saturated carbocycles. The molecule has 1 amide bonds. The van der Waals surface area contributed by atoms with Gasteiger partial charge in [-0.05, 0) is 36.6 Å². The van der Waals surface area contributed by atoms with Crippen LogP contribution in [0, 0.1) is 12.8 Å². The highest BCUT2D eigenvalue weighted by Crippen LogP contribution is 2.25. The van der Waals surface area contributed by atoms with Gasteiger partial charge in [0, 0.05) is 23.7 Å². The second-order valence-electron chi connectivity index (χ2n) is 5.22. The number of rotatable bonds is 6. The van der Waals surface area contributed by atoms with Crippen molar-refractivity contribution in [3.8, 4) is 0 Å². The number of carboxylic acid groups (broad SMARTS) is 1. The maximum absolute atomic E-state index is 12.3. The van der Waals surface area contributed by atoms with E-state index in [0.29, 0.717) is 11.4 Å². The first-order valence-corrected chi connectivity index (χ1v) is 6.97. The van der Waals surface area contributed by atoms with E-state index in [4.69, 9.17) is 16.7 Å². The third kappa shape index (κ3) is 4.85. The fraction of sp³-hybridized carbons (Fsp3) is 0.467. The molecule has 0 heterocycles. The molecular weight excluding hydrogens is 278 g/mol. The Bertz CT molecular complexity index is 500. The maximum Gasteiger partial charge on any atom is 0.305 e. The van der Waals surface area contributed by atoms with Crippen LogP contribution in [0.2, 0.25) is 5.02 Å². The first-order valence-electron chi connectivity index (χ1n) is 6.59. The van der Waals surface area contributed by atoms with E-state index >= 15 is 0 Å². The lowest BCUT2D eigenvalue weighted by Crippen LogP contribution is -2.34. The number of aryl methyl sites for hydroxylation is 1. The predicted molar refractivity (Wildman–Crippen MR) is 80.2 cm³/mol. The Morgan fingerprint density at radius 3 is 2.50 bits per heavy atom. The van der Waals surface area contributed by atoms with Crippen molar-refractivity contribution in [3.05, 3.63) is 28.8 Å². The van der Waals surface area contributed by atoms with Gasteiger partial charge < -0.3 is 10.0 Å². The van der Waals surface area contributed by atoms with E-state index < -0.39 is 5.97 Å². The molecule has 110 valence electrons. The van der Waals surface area contributed by atoms with Crippen LogP contribution in [0.1, 0.15) is 32.3 Å². The van der Waals surface area contributed by atoms with Crippen LogP contribution in [-0.4, -0.2) is 23.5 Å². The van der Waals surface area contributed by atoms with E-state index in [2.05, 4.69) is 0 Å². The molecule has 0 aliphatic heterocycles.